The second-order valence-corrected chi connectivity index (χ2v) is 5.33. The average molecular weight is 259 g/mol. The van der Waals surface area contributed by atoms with E-state index in [0.717, 1.165) is 12.1 Å². The van der Waals surface area contributed by atoms with E-state index in [0.29, 0.717) is 6.04 Å². The fraction of sp³-hybridized carbons (Fsp3) is 0.533. The third-order valence-corrected chi connectivity index (χ3v) is 4.07. The van der Waals surface area contributed by atoms with Crippen LogP contribution in [0.3, 0.4) is 0 Å². The van der Waals surface area contributed by atoms with Crippen molar-refractivity contribution < 1.29 is 4.42 Å². The lowest BCUT2D eigenvalue weighted by Gasteiger charge is -2.13. The number of nitrogens with one attached hydrogen (secondary N) is 1. The van der Waals surface area contributed by atoms with Gasteiger partial charge >= 0.3 is 0 Å². The summed E-state index contributed by atoms with van der Waals surface area (Å²) in [5, 5.41) is 8.06. The molecule has 1 unspecified atom stereocenters. The summed E-state index contributed by atoms with van der Waals surface area (Å²) in [4.78, 5) is 0. The Balaban J connectivity index is 1.69. The highest BCUT2D eigenvalue weighted by atomic mass is 16.3. The fourth-order valence-electron chi connectivity index (χ4n) is 2.93. The first-order chi connectivity index (χ1) is 9.36. The van der Waals surface area contributed by atoms with Gasteiger partial charge in [0, 0.05) is 24.2 Å². The van der Waals surface area contributed by atoms with Gasteiger partial charge in [0.1, 0.15) is 0 Å². The van der Waals surface area contributed by atoms with E-state index in [1.165, 1.54) is 31.2 Å². The molecular formula is C15H21N3O. The molecule has 0 radical (unpaired) electrons. The molecule has 4 nitrogen and oxygen atoms in total. The zero-order valence-corrected chi connectivity index (χ0v) is 11.4. The highest BCUT2D eigenvalue weighted by Crippen LogP contribution is 2.29. The number of aromatic nitrogens is 2. The highest BCUT2D eigenvalue weighted by Gasteiger charge is 2.18. The molecule has 2 aromatic heterocycles. The van der Waals surface area contributed by atoms with E-state index in [9.17, 15) is 0 Å². The molecule has 2 heterocycles. The van der Waals surface area contributed by atoms with Crippen LogP contribution in [0.4, 0.5) is 0 Å². The molecule has 1 N–H and O–H groups in total. The Hall–Kier alpha value is -1.55. The van der Waals surface area contributed by atoms with Crippen LogP contribution in [-0.4, -0.2) is 16.8 Å². The van der Waals surface area contributed by atoms with E-state index < -0.39 is 0 Å². The number of furan rings is 1. The van der Waals surface area contributed by atoms with Gasteiger partial charge in [-0.1, -0.05) is 12.8 Å². The summed E-state index contributed by atoms with van der Waals surface area (Å²) < 4.78 is 7.31. The Bertz CT molecular complexity index is 497. The topological polar surface area (TPSA) is 43.0 Å². The van der Waals surface area contributed by atoms with Gasteiger partial charge in [0.25, 0.3) is 0 Å². The van der Waals surface area contributed by atoms with Crippen molar-refractivity contribution in [2.75, 3.05) is 7.05 Å². The zero-order valence-electron chi connectivity index (χ0n) is 11.4. The standard InChI is InChI=1S/C15H21N3O/c1-16-15(12-7-9-19-11-12)10-13-6-8-18(17-13)14-4-2-3-5-14/h6-9,11,14-16H,2-5,10H2,1H3. The summed E-state index contributed by atoms with van der Waals surface area (Å²) in [7, 11) is 1.98. The Kier molecular flexibility index (Phi) is 3.69. The van der Waals surface area contributed by atoms with Crippen molar-refractivity contribution in [3.63, 3.8) is 0 Å². The first-order valence-electron chi connectivity index (χ1n) is 7.10. The number of nitrogens with zero attached hydrogens (tertiary/aromatic N) is 2. The normalized spacial score (nSPS) is 17.9. The van der Waals surface area contributed by atoms with Gasteiger partial charge in [-0.15, -0.1) is 0 Å². The second-order valence-electron chi connectivity index (χ2n) is 5.33. The van der Waals surface area contributed by atoms with Gasteiger partial charge in [-0.3, -0.25) is 4.68 Å². The van der Waals surface area contributed by atoms with Gasteiger partial charge in [0.15, 0.2) is 0 Å². The molecule has 0 aromatic carbocycles. The molecule has 1 fully saturated rings. The third kappa shape index (κ3) is 2.73. The third-order valence-electron chi connectivity index (χ3n) is 4.07. The predicted molar refractivity (Wildman–Crippen MR) is 73.9 cm³/mol. The smallest absolute Gasteiger partial charge is 0.0950 e. The Labute approximate surface area is 113 Å². The molecule has 4 heteroatoms. The molecule has 2 aromatic rings. The van der Waals surface area contributed by atoms with Crippen LogP contribution in [0.2, 0.25) is 0 Å². The molecule has 0 spiro atoms. The minimum Gasteiger partial charge on any atom is -0.472 e. The minimum atomic E-state index is 0.269. The van der Waals surface area contributed by atoms with Gasteiger partial charge in [0.2, 0.25) is 0 Å². The maximum atomic E-state index is 5.16. The predicted octanol–water partition coefficient (Wildman–Crippen LogP) is 3.09. The van der Waals surface area contributed by atoms with Gasteiger partial charge in [-0.25, -0.2) is 0 Å². The van der Waals surface area contributed by atoms with E-state index in [2.05, 4.69) is 22.3 Å². The largest absolute Gasteiger partial charge is 0.472 e. The highest BCUT2D eigenvalue weighted by molar-refractivity contribution is 5.15. The van der Waals surface area contributed by atoms with Crippen LogP contribution < -0.4 is 5.32 Å². The lowest BCUT2D eigenvalue weighted by molar-refractivity contribution is 0.458. The van der Waals surface area contributed by atoms with Crippen molar-refractivity contribution in [3.8, 4) is 0 Å². The van der Waals surface area contributed by atoms with E-state index in [1.54, 1.807) is 12.5 Å². The van der Waals surface area contributed by atoms with Crippen LogP contribution in [0, 0.1) is 0 Å². The van der Waals surface area contributed by atoms with Crippen molar-refractivity contribution in [1.82, 2.24) is 15.1 Å². The van der Waals surface area contributed by atoms with Crippen LogP contribution in [0.1, 0.15) is 49.0 Å². The van der Waals surface area contributed by atoms with E-state index in [-0.39, 0.29) is 6.04 Å². The Morgan fingerprint density at radius 2 is 2.26 bits per heavy atom. The number of hydrogen-bond acceptors (Lipinski definition) is 3. The molecule has 102 valence electrons. The molecule has 1 aliphatic rings. The van der Waals surface area contributed by atoms with Crippen LogP contribution in [0.25, 0.3) is 0 Å². The van der Waals surface area contributed by atoms with E-state index in [1.807, 2.05) is 13.1 Å². The number of likely N-dealkylation sites (N-methyl/N-ethyl adjacent to an activating group) is 1. The fourth-order valence-corrected chi connectivity index (χ4v) is 2.93. The maximum Gasteiger partial charge on any atom is 0.0950 e. The summed E-state index contributed by atoms with van der Waals surface area (Å²) in [6.45, 7) is 0. The van der Waals surface area contributed by atoms with Crippen molar-refractivity contribution in [3.05, 3.63) is 42.1 Å². The van der Waals surface area contributed by atoms with Crippen molar-refractivity contribution in [1.29, 1.82) is 0 Å². The molecule has 1 aliphatic carbocycles. The maximum absolute atomic E-state index is 5.16. The van der Waals surface area contributed by atoms with Crippen LogP contribution in [0.5, 0.6) is 0 Å². The average Bonchev–Trinajstić information content (AvgIpc) is 3.15. The van der Waals surface area contributed by atoms with Crippen LogP contribution in [-0.2, 0) is 6.42 Å². The lowest BCUT2D eigenvalue weighted by atomic mass is 10.1. The molecular weight excluding hydrogens is 238 g/mol. The molecule has 19 heavy (non-hydrogen) atoms. The van der Waals surface area contributed by atoms with Gasteiger partial charge in [0.05, 0.1) is 24.3 Å². The van der Waals surface area contributed by atoms with Crippen LogP contribution >= 0.6 is 0 Å². The van der Waals surface area contributed by atoms with Crippen molar-refractivity contribution in [2.24, 2.45) is 0 Å². The molecule has 1 saturated carbocycles. The number of hydrogen-bond donors (Lipinski definition) is 1. The Morgan fingerprint density at radius 3 is 2.95 bits per heavy atom. The molecule has 1 atom stereocenters. The van der Waals surface area contributed by atoms with Crippen molar-refractivity contribution >= 4 is 0 Å². The zero-order chi connectivity index (χ0) is 13.1. The summed E-state index contributed by atoms with van der Waals surface area (Å²) in [5.74, 6) is 0. The SMILES string of the molecule is CNC(Cc1ccn(C2CCCC2)n1)c1ccoc1. The molecule has 0 bridgehead atoms. The van der Waals surface area contributed by atoms with E-state index >= 15 is 0 Å². The molecule has 0 aliphatic heterocycles. The van der Waals surface area contributed by atoms with Gasteiger partial charge in [-0.05, 0) is 32.0 Å². The molecule has 3 rings (SSSR count). The first-order valence-corrected chi connectivity index (χ1v) is 7.10. The van der Waals surface area contributed by atoms with Crippen molar-refractivity contribution in [2.45, 2.75) is 44.2 Å². The summed E-state index contributed by atoms with van der Waals surface area (Å²) in [5.41, 5.74) is 2.32. The quantitative estimate of drug-likeness (QED) is 0.897. The van der Waals surface area contributed by atoms with Gasteiger partial charge in [-0.2, -0.15) is 5.10 Å². The second kappa shape index (κ2) is 5.61. The van der Waals surface area contributed by atoms with Crippen LogP contribution in [0.15, 0.2) is 35.3 Å². The Morgan fingerprint density at radius 1 is 1.42 bits per heavy atom. The number of rotatable bonds is 5. The minimum absolute atomic E-state index is 0.269. The first kappa shape index (κ1) is 12.5. The summed E-state index contributed by atoms with van der Waals surface area (Å²) >= 11 is 0. The van der Waals surface area contributed by atoms with E-state index in [4.69, 9.17) is 9.52 Å². The molecule has 0 saturated heterocycles. The summed E-state index contributed by atoms with van der Waals surface area (Å²) in [6.07, 6.45) is 11.8. The van der Waals surface area contributed by atoms with Gasteiger partial charge < -0.3 is 9.73 Å². The lowest BCUT2D eigenvalue weighted by Crippen LogP contribution is -2.18. The molecule has 0 amide bonds. The monoisotopic (exact) mass is 259 g/mol. The summed E-state index contributed by atoms with van der Waals surface area (Å²) in [6, 6.07) is 5.04.